The SMILES string of the molecule is CCCCc1nc(C)nc(OC2CCC(=O)CC2)c1Cc1ccc(-c2ccccc2CC)cc1. The number of rotatable bonds is 9. The number of benzene rings is 2. The highest BCUT2D eigenvalue weighted by Crippen LogP contribution is 2.30. The third kappa shape index (κ3) is 5.91. The molecule has 0 unspecified atom stereocenters. The van der Waals surface area contributed by atoms with E-state index in [4.69, 9.17) is 14.7 Å². The summed E-state index contributed by atoms with van der Waals surface area (Å²) in [6.07, 6.45) is 7.72. The van der Waals surface area contributed by atoms with Crippen LogP contribution >= 0.6 is 0 Å². The predicted octanol–water partition coefficient (Wildman–Crippen LogP) is 6.84. The van der Waals surface area contributed by atoms with Gasteiger partial charge in [-0.25, -0.2) is 4.98 Å². The number of aromatic nitrogens is 2. The van der Waals surface area contributed by atoms with Crippen LogP contribution in [0, 0.1) is 6.92 Å². The van der Waals surface area contributed by atoms with E-state index in [2.05, 4.69) is 62.4 Å². The summed E-state index contributed by atoms with van der Waals surface area (Å²) in [5.41, 5.74) is 7.33. The Hall–Kier alpha value is -3.01. The van der Waals surface area contributed by atoms with Crippen molar-refractivity contribution in [3.05, 3.63) is 76.7 Å². The topological polar surface area (TPSA) is 52.1 Å². The van der Waals surface area contributed by atoms with Gasteiger partial charge < -0.3 is 4.74 Å². The summed E-state index contributed by atoms with van der Waals surface area (Å²) in [7, 11) is 0. The number of nitrogens with zero attached hydrogens (tertiary/aromatic N) is 2. The normalized spacial score (nSPS) is 14.4. The Balaban J connectivity index is 1.62. The van der Waals surface area contributed by atoms with Crippen LogP contribution < -0.4 is 4.74 Å². The summed E-state index contributed by atoms with van der Waals surface area (Å²) in [5.74, 6) is 1.80. The minimum atomic E-state index is 0.0534. The van der Waals surface area contributed by atoms with Gasteiger partial charge in [0.05, 0.1) is 5.69 Å². The fraction of sp³-hybridized carbons (Fsp3) is 0.433. The molecule has 0 bridgehead atoms. The monoisotopic (exact) mass is 456 g/mol. The molecule has 0 saturated heterocycles. The van der Waals surface area contributed by atoms with Gasteiger partial charge in [-0.2, -0.15) is 4.98 Å². The fourth-order valence-corrected chi connectivity index (χ4v) is 4.76. The maximum absolute atomic E-state index is 11.7. The van der Waals surface area contributed by atoms with Crippen molar-refractivity contribution in [1.29, 1.82) is 0 Å². The zero-order valence-electron chi connectivity index (χ0n) is 20.8. The summed E-state index contributed by atoms with van der Waals surface area (Å²) in [5, 5.41) is 0. The van der Waals surface area contributed by atoms with Gasteiger partial charge in [-0.1, -0.05) is 68.8 Å². The molecule has 0 atom stereocenters. The molecule has 0 aliphatic heterocycles. The Labute approximate surface area is 203 Å². The second-order valence-corrected chi connectivity index (χ2v) is 9.35. The molecular formula is C30H36N2O2. The van der Waals surface area contributed by atoms with Crippen molar-refractivity contribution < 1.29 is 9.53 Å². The molecule has 0 N–H and O–H groups in total. The van der Waals surface area contributed by atoms with Gasteiger partial charge >= 0.3 is 0 Å². The molecule has 1 heterocycles. The van der Waals surface area contributed by atoms with Gasteiger partial charge in [0.25, 0.3) is 0 Å². The first kappa shape index (κ1) is 24.1. The van der Waals surface area contributed by atoms with Crippen LogP contribution in [0.2, 0.25) is 0 Å². The molecule has 1 aliphatic carbocycles. The van der Waals surface area contributed by atoms with Crippen LogP contribution in [0.3, 0.4) is 0 Å². The molecule has 0 amide bonds. The molecule has 1 aliphatic rings. The second kappa shape index (κ2) is 11.4. The van der Waals surface area contributed by atoms with E-state index in [0.29, 0.717) is 24.5 Å². The van der Waals surface area contributed by atoms with Crippen LogP contribution in [0.5, 0.6) is 5.88 Å². The molecule has 1 saturated carbocycles. The Morgan fingerprint density at radius 1 is 0.971 bits per heavy atom. The Kier molecular flexibility index (Phi) is 8.10. The molecule has 0 spiro atoms. The maximum atomic E-state index is 11.7. The summed E-state index contributed by atoms with van der Waals surface area (Å²) >= 11 is 0. The standard InChI is InChI=1S/C30H36N2O2/c1-4-6-11-29-28(30(32-21(3)31-29)34-26-18-16-25(33)17-19-26)20-22-12-14-24(15-13-22)27-10-8-7-9-23(27)5-2/h7-10,12-15,26H,4-6,11,16-20H2,1-3H3. The lowest BCUT2D eigenvalue weighted by Crippen LogP contribution is -2.25. The van der Waals surface area contributed by atoms with E-state index >= 15 is 0 Å². The van der Waals surface area contributed by atoms with Crippen molar-refractivity contribution in [2.24, 2.45) is 0 Å². The summed E-state index contributed by atoms with van der Waals surface area (Å²) in [4.78, 5) is 21.2. The lowest BCUT2D eigenvalue weighted by molar-refractivity contribution is -0.121. The Morgan fingerprint density at radius 3 is 2.41 bits per heavy atom. The molecule has 3 aromatic rings. The van der Waals surface area contributed by atoms with Crippen LogP contribution in [-0.2, 0) is 24.1 Å². The molecule has 4 rings (SSSR count). The molecule has 2 aromatic carbocycles. The highest BCUT2D eigenvalue weighted by molar-refractivity contribution is 5.79. The lowest BCUT2D eigenvalue weighted by atomic mass is 9.95. The van der Waals surface area contributed by atoms with Crippen LogP contribution in [0.4, 0.5) is 0 Å². The van der Waals surface area contributed by atoms with Crippen LogP contribution in [0.25, 0.3) is 11.1 Å². The van der Waals surface area contributed by atoms with Crippen molar-refractivity contribution >= 4 is 5.78 Å². The number of Topliss-reactive ketones (excluding diaryl/α,β-unsaturated/α-hetero) is 1. The van der Waals surface area contributed by atoms with Crippen LogP contribution in [0.15, 0.2) is 48.5 Å². The van der Waals surface area contributed by atoms with Gasteiger partial charge in [-0.3, -0.25) is 4.79 Å². The summed E-state index contributed by atoms with van der Waals surface area (Å²) in [6.45, 7) is 6.35. The number of carbonyl (C=O) groups is 1. The van der Waals surface area contributed by atoms with Gasteiger partial charge in [0.1, 0.15) is 17.7 Å². The first-order valence-electron chi connectivity index (χ1n) is 12.8. The number of ether oxygens (including phenoxy) is 1. The first-order valence-corrected chi connectivity index (χ1v) is 12.8. The van der Waals surface area contributed by atoms with E-state index in [9.17, 15) is 4.79 Å². The molecule has 34 heavy (non-hydrogen) atoms. The molecule has 4 nitrogen and oxygen atoms in total. The van der Waals surface area contributed by atoms with Crippen LogP contribution in [0.1, 0.15) is 80.6 Å². The van der Waals surface area contributed by atoms with E-state index in [-0.39, 0.29) is 6.10 Å². The average molecular weight is 457 g/mol. The smallest absolute Gasteiger partial charge is 0.220 e. The molecule has 0 radical (unpaired) electrons. The van der Waals surface area contributed by atoms with Crippen molar-refractivity contribution in [2.75, 3.05) is 0 Å². The van der Waals surface area contributed by atoms with E-state index in [1.54, 1.807) is 0 Å². The second-order valence-electron chi connectivity index (χ2n) is 9.35. The van der Waals surface area contributed by atoms with E-state index in [1.807, 2.05) is 6.92 Å². The summed E-state index contributed by atoms with van der Waals surface area (Å²) in [6, 6.07) is 17.5. The lowest BCUT2D eigenvalue weighted by Gasteiger charge is -2.24. The minimum absolute atomic E-state index is 0.0534. The number of ketones is 1. The van der Waals surface area contributed by atoms with E-state index in [0.717, 1.165) is 62.0 Å². The first-order chi connectivity index (χ1) is 16.6. The number of unbranched alkanes of at least 4 members (excludes halogenated alkanes) is 1. The zero-order chi connectivity index (χ0) is 23.9. The molecule has 4 heteroatoms. The van der Waals surface area contributed by atoms with Crippen molar-refractivity contribution in [1.82, 2.24) is 9.97 Å². The van der Waals surface area contributed by atoms with Crippen molar-refractivity contribution in [3.8, 4) is 17.0 Å². The average Bonchev–Trinajstić information content (AvgIpc) is 2.86. The quantitative estimate of drug-likeness (QED) is 0.354. The number of hydrogen-bond acceptors (Lipinski definition) is 4. The van der Waals surface area contributed by atoms with Gasteiger partial charge in [0, 0.05) is 24.8 Å². The van der Waals surface area contributed by atoms with Gasteiger partial charge in [-0.05, 0) is 61.3 Å². The number of aryl methyl sites for hydroxylation is 3. The third-order valence-corrected chi connectivity index (χ3v) is 6.75. The van der Waals surface area contributed by atoms with E-state index < -0.39 is 0 Å². The third-order valence-electron chi connectivity index (χ3n) is 6.75. The van der Waals surface area contributed by atoms with Crippen molar-refractivity contribution in [3.63, 3.8) is 0 Å². The van der Waals surface area contributed by atoms with Gasteiger partial charge in [0.15, 0.2) is 0 Å². The number of carbonyl (C=O) groups excluding carboxylic acids is 1. The van der Waals surface area contributed by atoms with E-state index in [1.165, 1.54) is 22.3 Å². The molecular weight excluding hydrogens is 420 g/mol. The summed E-state index contributed by atoms with van der Waals surface area (Å²) < 4.78 is 6.43. The zero-order valence-corrected chi connectivity index (χ0v) is 20.8. The highest BCUT2D eigenvalue weighted by atomic mass is 16.5. The van der Waals surface area contributed by atoms with Gasteiger partial charge in [-0.15, -0.1) is 0 Å². The molecule has 1 aromatic heterocycles. The molecule has 1 fully saturated rings. The maximum Gasteiger partial charge on any atom is 0.220 e. The Morgan fingerprint density at radius 2 is 1.71 bits per heavy atom. The Bertz CT molecular complexity index is 1110. The highest BCUT2D eigenvalue weighted by Gasteiger charge is 2.23. The van der Waals surface area contributed by atoms with Gasteiger partial charge in [0.2, 0.25) is 5.88 Å². The van der Waals surface area contributed by atoms with Crippen molar-refractivity contribution in [2.45, 2.75) is 84.7 Å². The minimum Gasteiger partial charge on any atom is -0.474 e. The fourth-order valence-electron chi connectivity index (χ4n) is 4.76. The predicted molar refractivity (Wildman–Crippen MR) is 137 cm³/mol. The molecule has 178 valence electrons. The van der Waals surface area contributed by atoms with Crippen LogP contribution in [-0.4, -0.2) is 21.9 Å². The number of hydrogen-bond donors (Lipinski definition) is 0. The largest absolute Gasteiger partial charge is 0.474 e.